The van der Waals surface area contributed by atoms with Crippen molar-refractivity contribution in [3.05, 3.63) is 0 Å². The van der Waals surface area contributed by atoms with Crippen LogP contribution in [-0.2, 0) is 4.79 Å². The minimum Gasteiger partial charge on any atom is -0.341 e. The molecular formula is C14H24N2O. The van der Waals surface area contributed by atoms with Gasteiger partial charge in [-0.15, -0.1) is 0 Å². The van der Waals surface area contributed by atoms with E-state index in [1.807, 2.05) is 11.8 Å². The predicted molar refractivity (Wildman–Crippen MR) is 68.2 cm³/mol. The summed E-state index contributed by atoms with van der Waals surface area (Å²) in [4.78, 5) is 14.4. The molecule has 1 rings (SSSR count). The molecule has 96 valence electrons. The van der Waals surface area contributed by atoms with Gasteiger partial charge in [-0.2, -0.15) is 5.26 Å². The number of rotatable bonds is 4. The standard InChI is InChI=1S/C14H24N2O/c1-4-16(10-12(2)3)13(17)14(11-15)8-6-5-7-9-14/h12H,4-10H2,1-3H3. The Labute approximate surface area is 105 Å². The first-order valence-corrected chi connectivity index (χ1v) is 6.76. The van der Waals surface area contributed by atoms with E-state index in [1.165, 1.54) is 0 Å². The number of nitriles is 1. The molecule has 0 atom stereocenters. The molecule has 0 radical (unpaired) electrons. The van der Waals surface area contributed by atoms with Crippen molar-refractivity contribution in [2.24, 2.45) is 11.3 Å². The Kier molecular flexibility index (Phi) is 4.99. The zero-order valence-corrected chi connectivity index (χ0v) is 11.3. The highest BCUT2D eigenvalue weighted by Crippen LogP contribution is 2.37. The number of hydrogen-bond acceptors (Lipinski definition) is 2. The summed E-state index contributed by atoms with van der Waals surface area (Å²) >= 11 is 0. The normalized spacial score (nSPS) is 18.8. The van der Waals surface area contributed by atoms with Gasteiger partial charge in [0, 0.05) is 13.1 Å². The summed E-state index contributed by atoms with van der Waals surface area (Å²) in [5, 5.41) is 9.39. The Morgan fingerprint density at radius 2 is 1.94 bits per heavy atom. The molecule has 0 aromatic rings. The molecule has 3 heteroatoms. The monoisotopic (exact) mass is 236 g/mol. The maximum atomic E-state index is 12.5. The first kappa shape index (κ1) is 14.0. The van der Waals surface area contributed by atoms with E-state index < -0.39 is 5.41 Å². The third kappa shape index (κ3) is 3.21. The van der Waals surface area contributed by atoms with Gasteiger partial charge in [0.05, 0.1) is 6.07 Å². The topological polar surface area (TPSA) is 44.1 Å². The molecule has 1 amide bonds. The van der Waals surface area contributed by atoms with Crippen LogP contribution in [0.1, 0.15) is 52.9 Å². The summed E-state index contributed by atoms with van der Waals surface area (Å²) in [6.45, 7) is 7.68. The van der Waals surface area contributed by atoms with E-state index in [0.29, 0.717) is 12.5 Å². The Bertz CT molecular complexity index is 298. The second-order valence-electron chi connectivity index (χ2n) is 5.49. The van der Waals surface area contributed by atoms with Crippen molar-refractivity contribution in [2.75, 3.05) is 13.1 Å². The Balaban J connectivity index is 2.80. The van der Waals surface area contributed by atoms with E-state index in [0.717, 1.165) is 38.6 Å². The van der Waals surface area contributed by atoms with E-state index in [1.54, 1.807) is 0 Å². The zero-order chi connectivity index (χ0) is 12.9. The predicted octanol–water partition coefficient (Wildman–Crippen LogP) is 2.96. The van der Waals surface area contributed by atoms with Crippen LogP contribution < -0.4 is 0 Å². The van der Waals surface area contributed by atoms with Crippen molar-refractivity contribution in [1.29, 1.82) is 5.26 Å². The fourth-order valence-corrected chi connectivity index (χ4v) is 2.63. The quantitative estimate of drug-likeness (QED) is 0.753. The number of hydrogen-bond donors (Lipinski definition) is 0. The third-order valence-corrected chi connectivity index (χ3v) is 3.58. The van der Waals surface area contributed by atoms with Gasteiger partial charge in [-0.05, 0) is 25.7 Å². The second kappa shape index (κ2) is 6.05. The smallest absolute Gasteiger partial charge is 0.243 e. The number of carbonyl (C=O) groups is 1. The molecule has 0 saturated heterocycles. The van der Waals surface area contributed by atoms with Crippen LogP contribution >= 0.6 is 0 Å². The average molecular weight is 236 g/mol. The fourth-order valence-electron chi connectivity index (χ4n) is 2.63. The van der Waals surface area contributed by atoms with Crippen LogP contribution in [0.3, 0.4) is 0 Å². The molecular weight excluding hydrogens is 212 g/mol. The van der Waals surface area contributed by atoms with Gasteiger partial charge >= 0.3 is 0 Å². The molecule has 1 aliphatic rings. The zero-order valence-electron chi connectivity index (χ0n) is 11.3. The minimum absolute atomic E-state index is 0.0656. The molecule has 3 nitrogen and oxygen atoms in total. The van der Waals surface area contributed by atoms with E-state index in [-0.39, 0.29) is 5.91 Å². The first-order valence-electron chi connectivity index (χ1n) is 6.76. The Morgan fingerprint density at radius 1 is 1.35 bits per heavy atom. The van der Waals surface area contributed by atoms with Crippen LogP contribution in [0.5, 0.6) is 0 Å². The van der Waals surface area contributed by atoms with Gasteiger partial charge in [-0.3, -0.25) is 4.79 Å². The van der Waals surface area contributed by atoms with Gasteiger partial charge in [-0.25, -0.2) is 0 Å². The SMILES string of the molecule is CCN(CC(C)C)C(=O)C1(C#N)CCCCC1. The van der Waals surface area contributed by atoms with Crippen molar-refractivity contribution in [3.63, 3.8) is 0 Å². The summed E-state index contributed by atoms with van der Waals surface area (Å²) in [6, 6.07) is 2.31. The number of carbonyl (C=O) groups excluding carboxylic acids is 1. The lowest BCUT2D eigenvalue weighted by Gasteiger charge is -2.35. The molecule has 0 heterocycles. The molecule has 1 fully saturated rings. The molecule has 1 aliphatic carbocycles. The van der Waals surface area contributed by atoms with Gasteiger partial charge in [-0.1, -0.05) is 33.1 Å². The van der Waals surface area contributed by atoms with Crippen LogP contribution in [-0.4, -0.2) is 23.9 Å². The van der Waals surface area contributed by atoms with E-state index in [2.05, 4.69) is 19.9 Å². The molecule has 0 spiro atoms. The summed E-state index contributed by atoms with van der Waals surface area (Å²) in [7, 11) is 0. The average Bonchev–Trinajstić information content (AvgIpc) is 2.35. The van der Waals surface area contributed by atoms with Crippen molar-refractivity contribution in [2.45, 2.75) is 52.9 Å². The largest absolute Gasteiger partial charge is 0.341 e. The second-order valence-corrected chi connectivity index (χ2v) is 5.49. The lowest BCUT2D eigenvalue weighted by molar-refractivity contribution is -0.140. The van der Waals surface area contributed by atoms with Crippen molar-refractivity contribution < 1.29 is 4.79 Å². The first-order chi connectivity index (χ1) is 8.05. The number of nitrogens with zero attached hydrogens (tertiary/aromatic N) is 2. The highest BCUT2D eigenvalue weighted by Gasteiger charge is 2.42. The number of amides is 1. The highest BCUT2D eigenvalue weighted by molar-refractivity contribution is 5.85. The third-order valence-electron chi connectivity index (χ3n) is 3.58. The molecule has 0 N–H and O–H groups in total. The van der Waals surface area contributed by atoms with Gasteiger partial charge in [0.2, 0.25) is 5.91 Å². The van der Waals surface area contributed by atoms with Crippen LogP contribution in [0.4, 0.5) is 0 Å². The molecule has 0 aromatic carbocycles. The van der Waals surface area contributed by atoms with Crippen LogP contribution in [0.15, 0.2) is 0 Å². The summed E-state index contributed by atoms with van der Waals surface area (Å²) in [5.41, 5.74) is -0.719. The van der Waals surface area contributed by atoms with E-state index in [4.69, 9.17) is 0 Å². The summed E-state index contributed by atoms with van der Waals surface area (Å²) in [6.07, 6.45) is 4.68. The lowest BCUT2D eigenvalue weighted by Crippen LogP contribution is -2.45. The maximum Gasteiger partial charge on any atom is 0.243 e. The molecule has 0 aromatic heterocycles. The fraction of sp³-hybridized carbons (Fsp3) is 0.857. The molecule has 0 unspecified atom stereocenters. The van der Waals surface area contributed by atoms with Gasteiger partial charge in [0.1, 0.15) is 5.41 Å². The van der Waals surface area contributed by atoms with Crippen molar-refractivity contribution >= 4 is 5.91 Å². The van der Waals surface area contributed by atoms with Gasteiger partial charge in [0.15, 0.2) is 0 Å². The van der Waals surface area contributed by atoms with Crippen LogP contribution in [0.25, 0.3) is 0 Å². The van der Waals surface area contributed by atoms with Gasteiger partial charge in [0.25, 0.3) is 0 Å². The minimum atomic E-state index is -0.719. The molecule has 17 heavy (non-hydrogen) atoms. The molecule has 1 saturated carbocycles. The van der Waals surface area contributed by atoms with E-state index >= 15 is 0 Å². The van der Waals surface area contributed by atoms with Crippen molar-refractivity contribution in [3.8, 4) is 6.07 Å². The molecule has 0 bridgehead atoms. The van der Waals surface area contributed by atoms with Gasteiger partial charge < -0.3 is 4.90 Å². The van der Waals surface area contributed by atoms with Crippen molar-refractivity contribution in [1.82, 2.24) is 4.90 Å². The Hall–Kier alpha value is -1.04. The summed E-state index contributed by atoms with van der Waals surface area (Å²) < 4.78 is 0. The Morgan fingerprint density at radius 3 is 2.35 bits per heavy atom. The van der Waals surface area contributed by atoms with Crippen LogP contribution in [0, 0.1) is 22.7 Å². The molecule has 0 aliphatic heterocycles. The van der Waals surface area contributed by atoms with Crippen LogP contribution in [0.2, 0.25) is 0 Å². The van der Waals surface area contributed by atoms with E-state index in [9.17, 15) is 10.1 Å². The highest BCUT2D eigenvalue weighted by atomic mass is 16.2. The maximum absolute atomic E-state index is 12.5. The lowest BCUT2D eigenvalue weighted by atomic mass is 9.74. The summed E-state index contributed by atoms with van der Waals surface area (Å²) in [5.74, 6) is 0.522.